The maximum absolute atomic E-state index is 12.8. The third kappa shape index (κ3) is 1.30. The van der Waals surface area contributed by atoms with Gasteiger partial charge in [0.15, 0.2) is 5.60 Å². The van der Waals surface area contributed by atoms with Gasteiger partial charge in [0, 0.05) is 0 Å². The predicted molar refractivity (Wildman–Crippen MR) is 56.4 cm³/mol. The van der Waals surface area contributed by atoms with E-state index in [1.54, 1.807) is 0 Å². The van der Waals surface area contributed by atoms with Crippen molar-refractivity contribution in [2.75, 3.05) is 0 Å². The molecule has 1 aromatic rings. The molecule has 1 aliphatic carbocycles. The molecule has 16 heavy (non-hydrogen) atoms. The quantitative estimate of drug-likeness (QED) is 0.766. The molecule has 80 valence electrons. The van der Waals surface area contributed by atoms with Crippen molar-refractivity contribution in [3.05, 3.63) is 35.6 Å². The van der Waals surface area contributed by atoms with Crippen molar-refractivity contribution >= 4 is 0 Å². The van der Waals surface area contributed by atoms with Gasteiger partial charge in [-0.3, -0.25) is 0 Å². The van der Waals surface area contributed by atoms with Gasteiger partial charge in [0.25, 0.3) is 0 Å². The van der Waals surface area contributed by atoms with Crippen molar-refractivity contribution in [2.24, 2.45) is 5.41 Å². The van der Waals surface area contributed by atoms with Crippen LogP contribution in [0.4, 0.5) is 4.39 Å². The Hall–Kier alpha value is -1.84. The van der Waals surface area contributed by atoms with E-state index >= 15 is 0 Å². The highest BCUT2D eigenvalue weighted by Crippen LogP contribution is 2.57. The van der Waals surface area contributed by atoms with Crippen molar-refractivity contribution < 1.29 is 9.50 Å². The molecule has 1 unspecified atom stereocenters. The maximum Gasteiger partial charge on any atom is 0.169 e. The fourth-order valence-electron chi connectivity index (χ4n) is 1.87. The number of hydrogen-bond acceptors (Lipinski definition) is 2. The molecule has 0 amide bonds. The van der Waals surface area contributed by atoms with Gasteiger partial charge in [0.1, 0.15) is 11.2 Å². The van der Waals surface area contributed by atoms with Gasteiger partial charge in [-0.1, -0.05) is 18.1 Å². The maximum atomic E-state index is 12.8. The molecule has 1 N–H and O–H groups in total. The van der Waals surface area contributed by atoms with Crippen LogP contribution in [0.5, 0.6) is 0 Å². The average molecular weight is 215 g/mol. The second kappa shape index (κ2) is 3.33. The van der Waals surface area contributed by atoms with Crippen molar-refractivity contribution in [1.29, 1.82) is 5.26 Å². The Labute approximate surface area is 93.3 Å². The lowest BCUT2D eigenvalue weighted by molar-refractivity contribution is 0.0457. The van der Waals surface area contributed by atoms with Crippen LogP contribution in [0.15, 0.2) is 24.3 Å². The first-order chi connectivity index (χ1) is 7.58. The van der Waals surface area contributed by atoms with E-state index in [9.17, 15) is 9.50 Å². The van der Waals surface area contributed by atoms with Crippen molar-refractivity contribution in [1.82, 2.24) is 0 Å². The number of nitriles is 1. The Morgan fingerprint density at radius 3 is 2.31 bits per heavy atom. The highest BCUT2D eigenvalue weighted by molar-refractivity contribution is 5.40. The van der Waals surface area contributed by atoms with Crippen LogP contribution in [-0.2, 0) is 5.60 Å². The lowest BCUT2D eigenvalue weighted by atomic mass is 9.80. The van der Waals surface area contributed by atoms with E-state index in [1.807, 2.05) is 0 Å². The van der Waals surface area contributed by atoms with E-state index < -0.39 is 16.8 Å². The number of halogens is 1. The summed E-state index contributed by atoms with van der Waals surface area (Å²) in [6, 6.07) is 7.37. The van der Waals surface area contributed by atoms with E-state index in [1.165, 1.54) is 24.3 Å². The molecule has 0 spiro atoms. The lowest BCUT2D eigenvalue weighted by Gasteiger charge is -2.27. The molecule has 1 aliphatic rings. The Morgan fingerprint density at radius 2 is 1.94 bits per heavy atom. The first-order valence-electron chi connectivity index (χ1n) is 4.95. The van der Waals surface area contributed by atoms with Crippen LogP contribution >= 0.6 is 0 Å². The molecule has 0 radical (unpaired) electrons. The number of aliphatic hydroxyl groups is 1. The Morgan fingerprint density at radius 1 is 1.38 bits per heavy atom. The summed E-state index contributed by atoms with van der Waals surface area (Å²) in [4.78, 5) is 0. The fourth-order valence-corrected chi connectivity index (χ4v) is 1.87. The summed E-state index contributed by atoms with van der Waals surface area (Å²) in [6.45, 7) is 0. The van der Waals surface area contributed by atoms with Crippen LogP contribution in [0.1, 0.15) is 18.4 Å². The van der Waals surface area contributed by atoms with Gasteiger partial charge < -0.3 is 5.11 Å². The van der Waals surface area contributed by atoms with E-state index in [0.29, 0.717) is 18.4 Å². The number of nitrogens with zero attached hydrogens (tertiary/aromatic N) is 1. The molecule has 0 bridgehead atoms. The zero-order valence-electron chi connectivity index (χ0n) is 8.57. The predicted octanol–water partition coefficient (Wildman–Crippen LogP) is 1.95. The van der Waals surface area contributed by atoms with Gasteiger partial charge in [-0.05, 0) is 30.5 Å². The number of rotatable bonds is 2. The van der Waals surface area contributed by atoms with E-state index in [-0.39, 0.29) is 0 Å². The van der Waals surface area contributed by atoms with Crippen LogP contribution in [0.2, 0.25) is 0 Å². The molecular weight excluding hydrogens is 205 g/mol. The van der Waals surface area contributed by atoms with Crippen molar-refractivity contribution in [3.63, 3.8) is 0 Å². The Kier molecular flexibility index (Phi) is 2.22. The molecule has 1 aromatic carbocycles. The molecule has 1 saturated carbocycles. The molecule has 0 aromatic heterocycles. The van der Waals surface area contributed by atoms with Crippen LogP contribution in [0.3, 0.4) is 0 Å². The highest BCUT2D eigenvalue weighted by atomic mass is 19.1. The van der Waals surface area contributed by atoms with Crippen LogP contribution in [-0.4, -0.2) is 5.11 Å². The van der Waals surface area contributed by atoms with Crippen molar-refractivity contribution in [3.8, 4) is 18.4 Å². The minimum absolute atomic E-state index is 0.398. The van der Waals surface area contributed by atoms with Crippen LogP contribution in [0, 0.1) is 34.9 Å². The van der Waals surface area contributed by atoms with Crippen LogP contribution < -0.4 is 0 Å². The molecule has 0 heterocycles. The first-order valence-corrected chi connectivity index (χ1v) is 4.95. The second-order valence-corrected chi connectivity index (χ2v) is 4.06. The molecule has 1 atom stereocenters. The summed E-state index contributed by atoms with van der Waals surface area (Å²) >= 11 is 0. The molecule has 2 nitrogen and oxygen atoms in total. The topological polar surface area (TPSA) is 44.0 Å². The summed E-state index contributed by atoms with van der Waals surface area (Å²) in [5, 5.41) is 19.5. The highest BCUT2D eigenvalue weighted by Gasteiger charge is 2.60. The minimum atomic E-state index is -1.62. The average Bonchev–Trinajstić information content (AvgIpc) is 3.10. The Balaban J connectivity index is 2.48. The van der Waals surface area contributed by atoms with Crippen molar-refractivity contribution in [2.45, 2.75) is 18.4 Å². The van der Waals surface area contributed by atoms with Gasteiger partial charge >= 0.3 is 0 Å². The normalized spacial score (nSPS) is 20.2. The standard InChI is InChI=1S/C13H10FNO/c1-2-13(16,12(9-15)7-8-12)10-3-5-11(14)6-4-10/h1,3-6,16H,7-8H2. The van der Waals surface area contributed by atoms with Gasteiger partial charge in [-0.15, -0.1) is 6.42 Å². The zero-order valence-corrected chi connectivity index (χ0v) is 8.57. The monoisotopic (exact) mass is 215 g/mol. The Bertz CT molecular complexity index is 490. The third-order valence-electron chi connectivity index (χ3n) is 3.13. The molecule has 0 saturated heterocycles. The van der Waals surface area contributed by atoms with E-state index in [0.717, 1.165) is 0 Å². The van der Waals surface area contributed by atoms with E-state index in [4.69, 9.17) is 11.7 Å². The largest absolute Gasteiger partial charge is 0.372 e. The number of benzene rings is 1. The van der Waals surface area contributed by atoms with Gasteiger partial charge in [-0.2, -0.15) is 5.26 Å². The summed E-state index contributed by atoms with van der Waals surface area (Å²) < 4.78 is 12.8. The lowest BCUT2D eigenvalue weighted by Crippen LogP contribution is -2.34. The van der Waals surface area contributed by atoms with E-state index in [2.05, 4.69) is 12.0 Å². The summed E-state index contributed by atoms with van der Waals surface area (Å²) in [5.41, 5.74) is -2.12. The minimum Gasteiger partial charge on any atom is -0.372 e. The molecule has 1 fully saturated rings. The van der Waals surface area contributed by atoms with Gasteiger partial charge in [0.2, 0.25) is 0 Å². The summed E-state index contributed by atoms with van der Waals surface area (Å²) in [7, 11) is 0. The van der Waals surface area contributed by atoms with Crippen LogP contribution in [0.25, 0.3) is 0 Å². The second-order valence-electron chi connectivity index (χ2n) is 4.06. The van der Waals surface area contributed by atoms with Gasteiger partial charge in [0.05, 0.1) is 6.07 Å². The SMILES string of the molecule is C#CC(O)(c1ccc(F)cc1)C1(C#N)CC1. The smallest absolute Gasteiger partial charge is 0.169 e. The first kappa shape index (κ1) is 10.7. The molecule has 0 aliphatic heterocycles. The number of terminal acetylenes is 1. The third-order valence-corrected chi connectivity index (χ3v) is 3.13. The number of hydrogen-bond donors (Lipinski definition) is 1. The molecular formula is C13H10FNO. The fraction of sp³-hybridized carbons (Fsp3) is 0.308. The summed E-state index contributed by atoms with van der Waals surface area (Å²) in [5.74, 6) is 1.88. The molecule has 2 rings (SSSR count). The summed E-state index contributed by atoms with van der Waals surface area (Å²) in [6.07, 6.45) is 6.48. The van der Waals surface area contributed by atoms with Gasteiger partial charge in [-0.25, -0.2) is 4.39 Å². The molecule has 3 heteroatoms. The zero-order chi connectivity index (χ0) is 11.8.